The Labute approximate surface area is 109 Å². The van der Waals surface area contributed by atoms with Crippen LogP contribution in [0.25, 0.3) is 0 Å². The fourth-order valence-electron chi connectivity index (χ4n) is 1.81. The quantitative estimate of drug-likeness (QED) is 0.836. The van der Waals surface area contributed by atoms with Crippen molar-refractivity contribution in [2.24, 2.45) is 5.92 Å². The Morgan fingerprint density at radius 2 is 1.83 bits per heavy atom. The Morgan fingerprint density at radius 3 is 2.28 bits per heavy atom. The molecule has 0 fully saturated rings. The van der Waals surface area contributed by atoms with Gasteiger partial charge in [-0.2, -0.15) is 0 Å². The molecule has 0 heterocycles. The molecule has 1 N–H and O–H groups in total. The summed E-state index contributed by atoms with van der Waals surface area (Å²) in [6.07, 6.45) is 0. The number of carbonyl (C=O) groups is 1. The van der Waals surface area contributed by atoms with Crippen molar-refractivity contribution in [2.45, 2.75) is 39.2 Å². The van der Waals surface area contributed by atoms with Gasteiger partial charge in [-0.25, -0.2) is 0 Å². The summed E-state index contributed by atoms with van der Waals surface area (Å²) < 4.78 is 5.35. The van der Waals surface area contributed by atoms with Crippen LogP contribution >= 0.6 is 0 Å². The van der Waals surface area contributed by atoms with Crippen molar-refractivity contribution in [3.8, 4) is 0 Å². The van der Waals surface area contributed by atoms with E-state index in [1.165, 1.54) is 0 Å². The third-order valence-corrected chi connectivity index (χ3v) is 2.81. The van der Waals surface area contributed by atoms with Crippen LogP contribution < -0.4 is 0 Å². The van der Waals surface area contributed by atoms with E-state index in [1.54, 1.807) is 6.92 Å². The first-order chi connectivity index (χ1) is 8.35. The number of rotatable bonds is 4. The lowest BCUT2D eigenvalue weighted by atomic mass is 9.88. The summed E-state index contributed by atoms with van der Waals surface area (Å²) in [5, 5.41) is 9.49. The van der Waals surface area contributed by atoms with Crippen molar-refractivity contribution in [1.82, 2.24) is 0 Å². The molecule has 0 aliphatic heterocycles. The molecule has 0 unspecified atom stereocenters. The van der Waals surface area contributed by atoms with Crippen LogP contribution in [0.5, 0.6) is 0 Å². The molecule has 0 spiro atoms. The summed E-state index contributed by atoms with van der Waals surface area (Å²) in [5.41, 5.74) is 0.459. The molecular formula is C15H22O3. The Morgan fingerprint density at radius 1 is 1.28 bits per heavy atom. The molecule has 2 atom stereocenters. The molecule has 1 aromatic carbocycles. The van der Waals surface area contributed by atoms with Gasteiger partial charge < -0.3 is 9.84 Å². The molecule has 18 heavy (non-hydrogen) atoms. The molecule has 0 aliphatic rings. The molecule has 0 amide bonds. The van der Waals surface area contributed by atoms with Crippen LogP contribution in [-0.4, -0.2) is 23.3 Å². The summed E-state index contributed by atoms with van der Waals surface area (Å²) in [4.78, 5) is 12.0. The zero-order valence-electron chi connectivity index (χ0n) is 11.5. The molecule has 0 radical (unpaired) electrons. The topological polar surface area (TPSA) is 46.5 Å². The van der Waals surface area contributed by atoms with Gasteiger partial charge in [0, 0.05) is 5.92 Å². The third kappa shape index (κ3) is 4.15. The fourth-order valence-corrected chi connectivity index (χ4v) is 1.81. The smallest absolute Gasteiger partial charge is 0.309 e. The molecule has 100 valence electrons. The second kappa shape index (κ2) is 6.01. The highest BCUT2D eigenvalue weighted by atomic mass is 16.6. The van der Waals surface area contributed by atoms with E-state index >= 15 is 0 Å². The van der Waals surface area contributed by atoms with Crippen molar-refractivity contribution in [3.63, 3.8) is 0 Å². The largest absolute Gasteiger partial charge is 0.460 e. The summed E-state index contributed by atoms with van der Waals surface area (Å²) in [6.45, 7) is 7.25. The van der Waals surface area contributed by atoms with Crippen molar-refractivity contribution >= 4 is 5.97 Å². The minimum atomic E-state index is -0.498. The molecular weight excluding hydrogens is 228 g/mol. The predicted molar refractivity (Wildman–Crippen MR) is 71.3 cm³/mol. The van der Waals surface area contributed by atoms with E-state index < -0.39 is 5.60 Å². The van der Waals surface area contributed by atoms with Gasteiger partial charge in [0.1, 0.15) is 5.60 Å². The summed E-state index contributed by atoms with van der Waals surface area (Å²) >= 11 is 0. The SMILES string of the molecule is C[C@@H](C(=O)OC(C)(C)C)[C@H](CO)c1ccccc1. The van der Waals surface area contributed by atoms with Crippen LogP contribution in [0.3, 0.4) is 0 Å². The summed E-state index contributed by atoms with van der Waals surface area (Å²) in [7, 11) is 0. The highest BCUT2D eigenvalue weighted by Crippen LogP contribution is 2.26. The molecule has 0 bridgehead atoms. The molecule has 0 aliphatic carbocycles. The first kappa shape index (κ1) is 14.7. The lowest BCUT2D eigenvalue weighted by molar-refractivity contribution is -0.160. The van der Waals surface area contributed by atoms with Gasteiger partial charge in [-0.1, -0.05) is 37.3 Å². The molecule has 3 nitrogen and oxygen atoms in total. The third-order valence-electron chi connectivity index (χ3n) is 2.81. The Kier molecular flexibility index (Phi) is 4.91. The monoisotopic (exact) mass is 250 g/mol. The maximum Gasteiger partial charge on any atom is 0.309 e. The number of aliphatic hydroxyl groups is 1. The van der Waals surface area contributed by atoms with Gasteiger partial charge in [0.05, 0.1) is 12.5 Å². The number of aliphatic hydroxyl groups excluding tert-OH is 1. The Bertz CT molecular complexity index is 378. The molecule has 0 aromatic heterocycles. The van der Waals surface area contributed by atoms with Crippen LogP contribution in [0.1, 0.15) is 39.2 Å². The highest BCUT2D eigenvalue weighted by molar-refractivity contribution is 5.73. The zero-order valence-corrected chi connectivity index (χ0v) is 11.5. The standard InChI is InChI=1S/C15H22O3/c1-11(14(17)18-15(2,3)4)13(10-16)12-8-6-5-7-9-12/h5-9,11,13,16H,10H2,1-4H3/t11-,13+/m1/s1. The van der Waals surface area contributed by atoms with Crippen molar-refractivity contribution in [2.75, 3.05) is 6.61 Å². The number of hydrogen-bond acceptors (Lipinski definition) is 3. The van der Waals surface area contributed by atoms with E-state index in [2.05, 4.69) is 0 Å². The number of esters is 1. The molecule has 1 rings (SSSR count). The van der Waals surface area contributed by atoms with Crippen LogP contribution in [0.4, 0.5) is 0 Å². The van der Waals surface area contributed by atoms with Gasteiger partial charge in [-0.15, -0.1) is 0 Å². The van der Waals surface area contributed by atoms with Gasteiger partial charge in [0.15, 0.2) is 0 Å². The second-order valence-electron chi connectivity index (χ2n) is 5.52. The number of hydrogen-bond donors (Lipinski definition) is 1. The Balaban J connectivity index is 2.80. The van der Waals surface area contributed by atoms with Crippen LogP contribution in [0.2, 0.25) is 0 Å². The predicted octanol–water partition coefficient (Wildman–Crippen LogP) is 2.74. The van der Waals surface area contributed by atoms with Crippen molar-refractivity contribution in [3.05, 3.63) is 35.9 Å². The van der Waals surface area contributed by atoms with Crippen LogP contribution in [-0.2, 0) is 9.53 Å². The van der Waals surface area contributed by atoms with Gasteiger partial charge in [0.2, 0.25) is 0 Å². The minimum absolute atomic E-state index is 0.0651. The van der Waals surface area contributed by atoms with Crippen LogP contribution in [0.15, 0.2) is 30.3 Å². The van der Waals surface area contributed by atoms with E-state index in [0.29, 0.717) is 0 Å². The first-order valence-electron chi connectivity index (χ1n) is 6.24. The van der Waals surface area contributed by atoms with Crippen molar-refractivity contribution in [1.29, 1.82) is 0 Å². The van der Waals surface area contributed by atoms with E-state index in [-0.39, 0.29) is 24.4 Å². The Hall–Kier alpha value is -1.35. The van der Waals surface area contributed by atoms with Crippen molar-refractivity contribution < 1.29 is 14.6 Å². The van der Waals surface area contributed by atoms with Gasteiger partial charge in [-0.05, 0) is 26.3 Å². The number of benzene rings is 1. The molecule has 3 heteroatoms. The second-order valence-corrected chi connectivity index (χ2v) is 5.52. The highest BCUT2D eigenvalue weighted by Gasteiger charge is 2.29. The fraction of sp³-hybridized carbons (Fsp3) is 0.533. The average Bonchev–Trinajstić information content (AvgIpc) is 2.29. The number of carbonyl (C=O) groups excluding carboxylic acids is 1. The van der Waals surface area contributed by atoms with Gasteiger partial charge in [-0.3, -0.25) is 4.79 Å². The summed E-state index contributed by atoms with van der Waals surface area (Å²) in [5.74, 6) is -0.858. The van der Waals surface area contributed by atoms with E-state index in [4.69, 9.17) is 4.74 Å². The van der Waals surface area contributed by atoms with E-state index in [1.807, 2.05) is 51.1 Å². The van der Waals surface area contributed by atoms with E-state index in [9.17, 15) is 9.90 Å². The van der Waals surface area contributed by atoms with Gasteiger partial charge in [0.25, 0.3) is 0 Å². The normalized spacial score (nSPS) is 14.9. The minimum Gasteiger partial charge on any atom is -0.460 e. The average molecular weight is 250 g/mol. The number of ether oxygens (including phenoxy) is 1. The molecule has 1 aromatic rings. The molecule has 0 saturated carbocycles. The zero-order chi connectivity index (χ0) is 13.8. The maximum atomic E-state index is 12.0. The maximum absolute atomic E-state index is 12.0. The van der Waals surface area contributed by atoms with Gasteiger partial charge >= 0.3 is 5.97 Å². The summed E-state index contributed by atoms with van der Waals surface area (Å²) in [6, 6.07) is 9.55. The van der Waals surface area contributed by atoms with Crippen LogP contribution in [0, 0.1) is 5.92 Å². The lowest BCUT2D eigenvalue weighted by Gasteiger charge is -2.26. The molecule has 0 saturated heterocycles. The first-order valence-corrected chi connectivity index (χ1v) is 6.24. The lowest BCUT2D eigenvalue weighted by Crippen LogP contribution is -2.31. The van der Waals surface area contributed by atoms with E-state index in [0.717, 1.165) is 5.56 Å².